The lowest BCUT2D eigenvalue weighted by Gasteiger charge is -2.28. The Kier molecular flexibility index (Phi) is 6.69. The summed E-state index contributed by atoms with van der Waals surface area (Å²) < 4.78 is 0. The van der Waals surface area contributed by atoms with Gasteiger partial charge in [-0.05, 0) is 37.5 Å². The number of anilines is 2. The maximum absolute atomic E-state index is 13.3. The Hall–Kier alpha value is -4.05. The minimum absolute atomic E-state index is 0.171. The summed E-state index contributed by atoms with van der Waals surface area (Å²) in [5, 5.41) is 9.40. The monoisotopic (exact) mass is 476 g/mol. The van der Waals surface area contributed by atoms with Gasteiger partial charge in [0.1, 0.15) is 9.71 Å². The summed E-state index contributed by atoms with van der Waals surface area (Å²) in [6, 6.07) is 0.889. The Bertz CT molecular complexity index is 1260. The fourth-order valence-electron chi connectivity index (χ4n) is 4.16. The van der Waals surface area contributed by atoms with E-state index in [9.17, 15) is 14.4 Å². The molecule has 3 heterocycles. The lowest BCUT2D eigenvalue weighted by atomic mass is 10.1. The van der Waals surface area contributed by atoms with E-state index >= 15 is 0 Å². The predicted molar refractivity (Wildman–Crippen MR) is 135 cm³/mol. The Morgan fingerprint density at radius 2 is 1.97 bits per heavy atom. The van der Waals surface area contributed by atoms with Gasteiger partial charge < -0.3 is 16.0 Å². The molecule has 0 radical (unpaired) electrons. The van der Waals surface area contributed by atoms with E-state index in [1.165, 1.54) is 46.9 Å². The number of rotatable bonds is 8. The van der Waals surface area contributed by atoms with Gasteiger partial charge in [-0.3, -0.25) is 19.5 Å². The van der Waals surface area contributed by atoms with Gasteiger partial charge in [-0.15, -0.1) is 11.3 Å². The normalized spacial score (nSPS) is 19.7. The third-order valence-electron chi connectivity index (χ3n) is 5.66. The molecule has 1 fully saturated rings. The molecule has 1 aliphatic carbocycles. The largest absolute Gasteiger partial charge is 0.348 e. The summed E-state index contributed by atoms with van der Waals surface area (Å²) in [7, 11) is 0. The van der Waals surface area contributed by atoms with Crippen molar-refractivity contribution in [2.24, 2.45) is 4.99 Å². The Morgan fingerprint density at radius 1 is 1.21 bits per heavy atom. The van der Waals surface area contributed by atoms with Crippen molar-refractivity contribution in [3.05, 3.63) is 67.0 Å². The lowest BCUT2D eigenvalue weighted by Crippen LogP contribution is -2.48. The minimum atomic E-state index is -0.440. The third kappa shape index (κ3) is 4.27. The standard InChI is InChI=1S/C24H24N6O3S/c1-4-11-25-13-14(5-2)30-17-10-12-26-23-19(17)20(29-24(30)33)21(34-23)22(32)28-16-9-7-8-15(16)27-18(31)6-3/h4-6,10-13,15-16H,1-3,7-9H2,(H,27,31)(H,28,32)(H,29,33)/b14-13+,25-11?. The smallest absolute Gasteiger partial charge is 0.331 e. The molecular weight excluding hydrogens is 452 g/mol. The molecule has 3 N–H and O–H groups in total. The van der Waals surface area contributed by atoms with Crippen molar-refractivity contribution in [3.8, 4) is 0 Å². The average Bonchev–Trinajstić information content (AvgIpc) is 3.42. The zero-order chi connectivity index (χ0) is 24.2. The zero-order valence-corrected chi connectivity index (χ0v) is 19.2. The number of allylic oxidation sites excluding steroid dienone is 2. The summed E-state index contributed by atoms with van der Waals surface area (Å²) in [5.41, 5.74) is 1.46. The maximum atomic E-state index is 13.3. The SMILES string of the molecule is C=CC=N/C=C(\C=C)N1C(=O)Nc2c(C(=O)NC3CCCC3NC(=O)C=C)sc3nccc1c23. The van der Waals surface area contributed by atoms with E-state index < -0.39 is 6.03 Å². The molecule has 9 nitrogen and oxygen atoms in total. The molecule has 2 aromatic rings. The van der Waals surface area contributed by atoms with E-state index in [1.807, 2.05) is 0 Å². The van der Waals surface area contributed by atoms with Crippen LogP contribution in [-0.2, 0) is 4.79 Å². The van der Waals surface area contributed by atoms with Crippen LogP contribution in [0.2, 0.25) is 0 Å². The highest BCUT2D eigenvalue weighted by Gasteiger charge is 2.35. The molecule has 0 saturated heterocycles. The first kappa shape index (κ1) is 23.1. The highest BCUT2D eigenvalue weighted by atomic mass is 32.1. The summed E-state index contributed by atoms with van der Waals surface area (Å²) in [6.07, 6.45) is 11.3. The minimum Gasteiger partial charge on any atom is -0.348 e. The number of aromatic nitrogens is 1. The number of hydrogen-bond acceptors (Lipinski definition) is 6. The van der Waals surface area contributed by atoms with Crippen LogP contribution in [0.5, 0.6) is 0 Å². The van der Waals surface area contributed by atoms with E-state index in [4.69, 9.17) is 0 Å². The number of pyridine rings is 1. The van der Waals surface area contributed by atoms with Crippen LogP contribution in [0.15, 0.2) is 67.1 Å². The Balaban J connectivity index is 1.68. The molecule has 34 heavy (non-hydrogen) atoms. The van der Waals surface area contributed by atoms with E-state index in [0.29, 0.717) is 32.2 Å². The van der Waals surface area contributed by atoms with Crippen LogP contribution < -0.4 is 20.9 Å². The summed E-state index contributed by atoms with van der Waals surface area (Å²) in [4.78, 5) is 49.0. The van der Waals surface area contributed by atoms with Gasteiger partial charge >= 0.3 is 6.03 Å². The van der Waals surface area contributed by atoms with Crippen molar-refractivity contribution in [3.63, 3.8) is 0 Å². The molecule has 0 spiro atoms. The molecule has 2 unspecified atom stereocenters. The highest BCUT2D eigenvalue weighted by Crippen LogP contribution is 2.44. The molecular formula is C24H24N6O3S. The van der Waals surface area contributed by atoms with Crippen molar-refractivity contribution in [1.82, 2.24) is 15.6 Å². The third-order valence-corrected chi connectivity index (χ3v) is 6.76. The number of carbonyl (C=O) groups excluding carboxylic acids is 3. The topological polar surface area (TPSA) is 116 Å². The molecule has 4 rings (SSSR count). The summed E-state index contributed by atoms with van der Waals surface area (Å²) in [6.45, 7) is 10.9. The number of carbonyl (C=O) groups is 3. The maximum Gasteiger partial charge on any atom is 0.331 e. The number of nitrogens with one attached hydrogen (secondary N) is 3. The van der Waals surface area contributed by atoms with Crippen molar-refractivity contribution in [2.45, 2.75) is 31.3 Å². The van der Waals surface area contributed by atoms with Gasteiger partial charge in [0.2, 0.25) is 5.91 Å². The average molecular weight is 477 g/mol. The fourth-order valence-corrected chi connectivity index (χ4v) is 5.19. The number of aliphatic imine (C=N–C) groups is 1. The number of urea groups is 1. The molecule has 2 aliphatic rings. The van der Waals surface area contributed by atoms with Gasteiger partial charge in [0, 0.05) is 24.5 Å². The molecule has 10 heteroatoms. The molecule has 0 aromatic carbocycles. The van der Waals surface area contributed by atoms with Crippen molar-refractivity contribution in [1.29, 1.82) is 0 Å². The summed E-state index contributed by atoms with van der Waals surface area (Å²) >= 11 is 1.20. The second kappa shape index (κ2) is 9.84. The van der Waals surface area contributed by atoms with Crippen LogP contribution in [0.3, 0.4) is 0 Å². The Labute approximate surface area is 200 Å². The molecule has 2 atom stereocenters. The van der Waals surface area contributed by atoms with Crippen molar-refractivity contribution in [2.75, 3.05) is 10.2 Å². The van der Waals surface area contributed by atoms with Gasteiger partial charge in [0.15, 0.2) is 0 Å². The van der Waals surface area contributed by atoms with Crippen molar-refractivity contribution < 1.29 is 14.4 Å². The summed E-state index contributed by atoms with van der Waals surface area (Å²) in [5.74, 6) is -0.592. The van der Waals surface area contributed by atoms with Crippen molar-refractivity contribution >= 4 is 57.0 Å². The van der Waals surface area contributed by atoms with E-state index in [0.717, 1.165) is 19.3 Å². The molecule has 174 valence electrons. The van der Waals surface area contributed by atoms with E-state index in [1.54, 1.807) is 12.3 Å². The molecule has 4 amide bonds. The number of thiophene rings is 1. The fraction of sp³-hybridized carbons (Fsp3) is 0.208. The number of amides is 4. The van der Waals surface area contributed by atoms with E-state index in [-0.39, 0.29) is 23.9 Å². The zero-order valence-electron chi connectivity index (χ0n) is 18.4. The predicted octanol–water partition coefficient (Wildman–Crippen LogP) is 3.89. The molecule has 1 aliphatic heterocycles. The second-order valence-electron chi connectivity index (χ2n) is 7.70. The lowest BCUT2D eigenvalue weighted by molar-refractivity contribution is -0.117. The first-order valence-electron chi connectivity index (χ1n) is 10.7. The number of hydrogen-bond donors (Lipinski definition) is 3. The van der Waals surface area contributed by atoms with Gasteiger partial charge in [-0.1, -0.05) is 25.8 Å². The molecule has 2 aromatic heterocycles. The molecule has 0 bridgehead atoms. The van der Waals surface area contributed by atoms with Crippen LogP contribution in [0, 0.1) is 0 Å². The van der Waals surface area contributed by atoms with Crippen LogP contribution in [0.25, 0.3) is 10.2 Å². The quantitative estimate of drug-likeness (QED) is 0.305. The van der Waals surface area contributed by atoms with Gasteiger partial charge in [-0.2, -0.15) is 0 Å². The van der Waals surface area contributed by atoms with E-state index in [2.05, 4.69) is 45.7 Å². The Morgan fingerprint density at radius 3 is 2.68 bits per heavy atom. The van der Waals surface area contributed by atoms with Crippen LogP contribution >= 0.6 is 11.3 Å². The second-order valence-corrected chi connectivity index (χ2v) is 8.70. The first-order valence-corrected chi connectivity index (χ1v) is 11.5. The highest BCUT2D eigenvalue weighted by molar-refractivity contribution is 7.21. The molecule has 1 saturated carbocycles. The van der Waals surface area contributed by atoms with Crippen LogP contribution in [-0.4, -0.2) is 41.1 Å². The van der Waals surface area contributed by atoms with Gasteiger partial charge in [0.05, 0.1) is 28.7 Å². The van der Waals surface area contributed by atoms with Crippen LogP contribution in [0.1, 0.15) is 28.9 Å². The van der Waals surface area contributed by atoms with Gasteiger partial charge in [-0.25, -0.2) is 9.78 Å². The first-order chi connectivity index (χ1) is 16.5. The van der Waals surface area contributed by atoms with Gasteiger partial charge in [0.25, 0.3) is 5.91 Å². The number of nitrogens with zero attached hydrogens (tertiary/aromatic N) is 3. The van der Waals surface area contributed by atoms with Crippen LogP contribution in [0.4, 0.5) is 16.2 Å².